The number of aromatic nitrogens is 2. The highest BCUT2D eigenvalue weighted by Gasteiger charge is 2.24. The first-order chi connectivity index (χ1) is 9.92. The number of hydrogen-bond acceptors (Lipinski definition) is 6. The number of ether oxygens (including phenoxy) is 1. The van der Waals surface area contributed by atoms with Crippen LogP contribution in [-0.4, -0.2) is 14.9 Å². The molecule has 0 radical (unpaired) electrons. The Labute approximate surface area is 122 Å². The van der Waals surface area contributed by atoms with Gasteiger partial charge in [-0.05, 0) is 36.7 Å². The van der Waals surface area contributed by atoms with Crippen molar-refractivity contribution in [1.82, 2.24) is 9.97 Å². The summed E-state index contributed by atoms with van der Waals surface area (Å²) in [6.45, 7) is 1.35. The van der Waals surface area contributed by atoms with Crippen molar-refractivity contribution >= 4 is 17.3 Å². The lowest BCUT2D eigenvalue weighted by molar-refractivity contribution is -0.386. The second-order valence-electron chi connectivity index (χ2n) is 3.85. The SMILES string of the molecule is Cc1nc(Cl)nc(Oc2ccc(C#N)cc2F)c1[N+](=O)[O-]. The Bertz CT molecular complexity index is 776. The molecule has 1 aromatic carbocycles. The average Bonchev–Trinajstić information content (AvgIpc) is 2.39. The molecule has 106 valence electrons. The number of hydrogen-bond donors (Lipinski definition) is 0. The molecule has 0 aliphatic carbocycles. The van der Waals surface area contributed by atoms with E-state index < -0.39 is 22.3 Å². The Balaban J connectivity index is 2.49. The van der Waals surface area contributed by atoms with E-state index in [-0.39, 0.29) is 22.3 Å². The Hall–Kier alpha value is -2.79. The second-order valence-corrected chi connectivity index (χ2v) is 4.19. The number of nitriles is 1. The lowest BCUT2D eigenvalue weighted by atomic mass is 10.2. The summed E-state index contributed by atoms with van der Waals surface area (Å²) in [5, 5.41) is 19.4. The first-order valence-electron chi connectivity index (χ1n) is 5.48. The first-order valence-corrected chi connectivity index (χ1v) is 5.86. The lowest BCUT2D eigenvalue weighted by Gasteiger charge is -2.07. The van der Waals surface area contributed by atoms with Gasteiger partial charge in [0.15, 0.2) is 11.6 Å². The van der Waals surface area contributed by atoms with Crippen molar-refractivity contribution in [2.24, 2.45) is 0 Å². The molecule has 0 bridgehead atoms. The van der Waals surface area contributed by atoms with Gasteiger partial charge in [-0.15, -0.1) is 0 Å². The molecule has 7 nitrogen and oxygen atoms in total. The number of nitro groups is 1. The van der Waals surface area contributed by atoms with Gasteiger partial charge in [-0.2, -0.15) is 10.2 Å². The van der Waals surface area contributed by atoms with Crippen LogP contribution in [0, 0.1) is 34.2 Å². The van der Waals surface area contributed by atoms with E-state index in [1.165, 1.54) is 19.1 Å². The minimum Gasteiger partial charge on any atom is -0.430 e. The van der Waals surface area contributed by atoms with Gasteiger partial charge in [-0.3, -0.25) is 10.1 Å². The summed E-state index contributed by atoms with van der Waals surface area (Å²) >= 11 is 5.62. The maximum atomic E-state index is 13.7. The number of benzene rings is 1. The van der Waals surface area contributed by atoms with Crippen LogP contribution < -0.4 is 4.74 Å². The molecule has 0 amide bonds. The van der Waals surface area contributed by atoms with Crippen LogP contribution >= 0.6 is 11.6 Å². The average molecular weight is 309 g/mol. The molecule has 0 N–H and O–H groups in total. The fourth-order valence-corrected chi connectivity index (χ4v) is 1.75. The Kier molecular flexibility index (Phi) is 3.95. The van der Waals surface area contributed by atoms with Crippen LogP contribution in [0.3, 0.4) is 0 Å². The zero-order chi connectivity index (χ0) is 15.6. The van der Waals surface area contributed by atoms with Gasteiger partial charge < -0.3 is 4.74 Å². The van der Waals surface area contributed by atoms with Gasteiger partial charge in [0.2, 0.25) is 5.28 Å². The molecule has 0 saturated carbocycles. The van der Waals surface area contributed by atoms with E-state index in [0.29, 0.717) is 0 Å². The summed E-state index contributed by atoms with van der Waals surface area (Å²) in [5.74, 6) is -1.64. The van der Waals surface area contributed by atoms with E-state index in [1.807, 2.05) is 0 Å². The molecule has 0 atom stereocenters. The lowest BCUT2D eigenvalue weighted by Crippen LogP contribution is -2.02. The standard InChI is InChI=1S/C12H6ClFN4O3/c1-6-10(18(19)20)11(17-12(13)16-6)21-9-3-2-7(5-15)4-8(9)14/h2-4H,1H3. The molecule has 0 fully saturated rings. The van der Waals surface area contributed by atoms with Gasteiger partial charge in [-0.1, -0.05) is 0 Å². The third kappa shape index (κ3) is 3.04. The van der Waals surface area contributed by atoms with Crippen LogP contribution in [0.1, 0.15) is 11.3 Å². The van der Waals surface area contributed by atoms with Gasteiger partial charge in [0, 0.05) is 0 Å². The van der Waals surface area contributed by atoms with Crippen LogP contribution in [0.15, 0.2) is 18.2 Å². The van der Waals surface area contributed by atoms with E-state index in [0.717, 1.165) is 6.07 Å². The Morgan fingerprint density at radius 2 is 2.19 bits per heavy atom. The normalized spacial score (nSPS) is 10.0. The van der Waals surface area contributed by atoms with Gasteiger partial charge in [0.05, 0.1) is 16.6 Å². The molecule has 0 aliphatic rings. The van der Waals surface area contributed by atoms with Crippen LogP contribution in [0.4, 0.5) is 10.1 Å². The highest BCUT2D eigenvalue weighted by Crippen LogP contribution is 2.33. The Morgan fingerprint density at radius 3 is 2.76 bits per heavy atom. The zero-order valence-corrected chi connectivity index (χ0v) is 11.3. The van der Waals surface area contributed by atoms with E-state index in [2.05, 4.69) is 9.97 Å². The topological polar surface area (TPSA) is 102 Å². The van der Waals surface area contributed by atoms with Crippen LogP contribution in [0.25, 0.3) is 0 Å². The summed E-state index contributed by atoms with van der Waals surface area (Å²) in [5.41, 5.74) is -0.432. The van der Waals surface area contributed by atoms with Crippen molar-refractivity contribution in [3.8, 4) is 17.7 Å². The molecule has 0 spiro atoms. The molecule has 9 heteroatoms. The molecule has 21 heavy (non-hydrogen) atoms. The number of rotatable bonds is 3. The molecule has 1 aromatic heterocycles. The van der Waals surface area contributed by atoms with Crippen LogP contribution in [0.2, 0.25) is 5.28 Å². The van der Waals surface area contributed by atoms with Crippen molar-refractivity contribution < 1.29 is 14.1 Å². The van der Waals surface area contributed by atoms with Crippen molar-refractivity contribution in [3.05, 3.63) is 50.7 Å². The molecule has 2 rings (SSSR count). The van der Waals surface area contributed by atoms with Gasteiger partial charge in [0.1, 0.15) is 5.69 Å². The van der Waals surface area contributed by atoms with Gasteiger partial charge >= 0.3 is 11.6 Å². The smallest absolute Gasteiger partial charge is 0.352 e. The fourth-order valence-electron chi connectivity index (χ4n) is 1.55. The largest absolute Gasteiger partial charge is 0.430 e. The van der Waals surface area contributed by atoms with Crippen molar-refractivity contribution in [1.29, 1.82) is 5.26 Å². The molecular formula is C12H6ClFN4O3. The first kappa shape index (κ1) is 14.6. The molecule has 0 saturated heterocycles. The third-order valence-electron chi connectivity index (χ3n) is 2.45. The highest BCUT2D eigenvalue weighted by atomic mass is 35.5. The molecule has 0 unspecified atom stereocenters. The van der Waals surface area contributed by atoms with E-state index in [9.17, 15) is 14.5 Å². The minimum absolute atomic E-state index is 0.0101. The predicted molar refractivity (Wildman–Crippen MR) is 69.6 cm³/mol. The van der Waals surface area contributed by atoms with E-state index in [4.69, 9.17) is 21.6 Å². The van der Waals surface area contributed by atoms with Crippen LogP contribution in [-0.2, 0) is 0 Å². The molecule has 1 heterocycles. The van der Waals surface area contributed by atoms with Gasteiger partial charge in [0.25, 0.3) is 0 Å². The summed E-state index contributed by atoms with van der Waals surface area (Å²) in [4.78, 5) is 17.5. The summed E-state index contributed by atoms with van der Waals surface area (Å²) < 4.78 is 18.8. The molecular weight excluding hydrogens is 303 g/mol. The van der Waals surface area contributed by atoms with E-state index >= 15 is 0 Å². The Morgan fingerprint density at radius 1 is 1.48 bits per heavy atom. The molecule has 0 aliphatic heterocycles. The van der Waals surface area contributed by atoms with Crippen molar-refractivity contribution in [2.45, 2.75) is 6.92 Å². The predicted octanol–water partition coefficient (Wildman–Crippen LogP) is 3.15. The van der Waals surface area contributed by atoms with Crippen LogP contribution in [0.5, 0.6) is 11.6 Å². The summed E-state index contributed by atoms with van der Waals surface area (Å²) in [7, 11) is 0. The van der Waals surface area contributed by atoms with E-state index in [1.54, 1.807) is 6.07 Å². The number of nitrogens with zero attached hydrogens (tertiary/aromatic N) is 4. The summed E-state index contributed by atoms with van der Waals surface area (Å²) in [6.07, 6.45) is 0. The number of halogens is 2. The van der Waals surface area contributed by atoms with Gasteiger partial charge in [-0.25, -0.2) is 9.37 Å². The van der Waals surface area contributed by atoms with Crippen molar-refractivity contribution in [3.63, 3.8) is 0 Å². The number of aryl methyl sites for hydroxylation is 1. The quantitative estimate of drug-likeness (QED) is 0.490. The maximum absolute atomic E-state index is 13.7. The van der Waals surface area contributed by atoms with Crippen molar-refractivity contribution in [2.75, 3.05) is 0 Å². The summed E-state index contributed by atoms with van der Waals surface area (Å²) in [6, 6.07) is 5.17. The fraction of sp³-hybridized carbons (Fsp3) is 0.0833. The monoisotopic (exact) mass is 308 g/mol. The second kappa shape index (κ2) is 5.68. The minimum atomic E-state index is -0.851. The third-order valence-corrected chi connectivity index (χ3v) is 2.62. The molecule has 2 aromatic rings. The maximum Gasteiger partial charge on any atom is 0.352 e. The zero-order valence-electron chi connectivity index (χ0n) is 10.5. The highest BCUT2D eigenvalue weighted by molar-refractivity contribution is 6.28.